The van der Waals surface area contributed by atoms with E-state index in [0.29, 0.717) is 5.75 Å². The highest BCUT2D eigenvalue weighted by Gasteiger charge is 2.24. The highest BCUT2D eigenvalue weighted by atomic mass is 32.2. The molecule has 0 atom stereocenters. The van der Waals surface area contributed by atoms with Crippen LogP contribution in [-0.2, 0) is 4.57 Å². The summed E-state index contributed by atoms with van der Waals surface area (Å²) in [6.45, 7) is 5.52. The van der Waals surface area contributed by atoms with Crippen molar-refractivity contribution in [3.05, 3.63) is 0 Å². The summed E-state index contributed by atoms with van der Waals surface area (Å²) in [6.07, 6.45) is 0. The fraction of sp³-hybridized carbons (Fsp3) is 0.889. The Hall–Kier alpha value is 0.310. The van der Waals surface area contributed by atoms with Crippen LogP contribution in [0.5, 0.6) is 0 Å². The number of aliphatic hydroxyl groups is 1. The summed E-state index contributed by atoms with van der Waals surface area (Å²) in [7, 11) is -4.29. The van der Waals surface area contributed by atoms with Crippen LogP contribution in [0.25, 0.3) is 0 Å². The van der Waals surface area contributed by atoms with Crippen LogP contribution in [-0.4, -0.2) is 67.3 Å². The molecule has 0 unspecified atom stereocenters. The van der Waals surface area contributed by atoms with Crippen LogP contribution in [0.4, 0.5) is 0 Å². The zero-order valence-electron chi connectivity index (χ0n) is 10.7. The van der Waals surface area contributed by atoms with Crippen LogP contribution in [0.3, 0.4) is 0 Å². The Kier molecular flexibility index (Phi) is 9.41. The Morgan fingerprint density at radius 3 is 2.22 bits per heavy atom. The van der Waals surface area contributed by atoms with Gasteiger partial charge < -0.3 is 19.8 Å². The third-order valence-corrected chi connectivity index (χ3v) is 4.96. The monoisotopic (exact) mass is 316 g/mol. The minimum Gasteiger partial charge on any atom is -0.395 e. The minimum absolute atomic E-state index is 0.0388. The zero-order valence-corrected chi connectivity index (χ0v) is 13.2. The Morgan fingerprint density at radius 1 is 1.28 bits per heavy atom. The SMILES string of the molecule is CCN(CC)C(=S)SCCN(CCO)P(=O)(O)O. The highest BCUT2D eigenvalue weighted by molar-refractivity contribution is 8.22. The molecular weight excluding hydrogens is 295 g/mol. The van der Waals surface area contributed by atoms with E-state index in [-0.39, 0.29) is 19.7 Å². The van der Waals surface area contributed by atoms with E-state index in [2.05, 4.69) is 0 Å². The summed E-state index contributed by atoms with van der Waals surface area (Å²) in [6, 6.07) is 0. The first-order valence-electron chi connectivity index (χ1n) is 5.70. The average Bonchev–Trinajstić information content (AvgIpc) is 2.28. The summed E-state index contributed by atoms with van der Waals surface area (Å²) in [5.74, 6) is 0.487. The molecule has 0 spiro atoms. The van der Waals surface area contributed by atoms with Crippen molar-refractivity contribution in [1.82, 2.24) is 9.57 Å². The highest BCUT2D eigenvalue weighted by Crippen LogP contribution is 2.39. The van der Waals surface area contributed by atoms with Gasteiger partial charge in [-0.25, -0.2) is 9.24 Å². The maximum atomic E-state index is 11.1. The summed E-state index contributed by atoms with van der Waals surface area (Å²) < 4.78 is 12.8. The molecule has 18 heavy (non-hydrogen) atoms. The van der Waals surface area contributed by atoms with E-state index in [9.17, 15) is 4.57 Å². The van der Waals surface area contributed by atoms with Crippen molar-refractivity contribution in [3.8, 4) is 0 Å². The molecule has 0 heterocycles. The van der Waals surface area contributed by atoms with Gasteiger partial charge in [-0.05, 0) is 13.8 Å². The molecule has 0 fully saturated rings. The zero-order chi connectivity index (χ0) is 14.2. The van der Waals surface area contributed by atoms with Gasteiger partial charge in [-0.2, -0.15) is 0 Å². The number of rotatable bonds is 8. The second kappa shape index (κ2) is 9.25. The predicted molar refractivity (Wildman–Crippen MR) is 78.7 cm³/mol. The fourth-order valence-electron chi connectivity index (χ4n) is 1.30. The average molecular weight is 316 g/mol. The maximum absolute atomic E-state index is 11.1. The predicted octanol–water partition coefficient (Wildman–Crippen LogP) is 0.733. The van der Waals surface area contributed by atoms with Gasteiger partial charge in [0.2, 0.25) is 0 Å². The number of thiocarbonyl (C=S) groups is 1. The van der Waals surface area contributed by atoms with Gasteiger partial charge >= 0.3 is 7.75 Å². The second-order valence-corrected chi connectivity index (χ2v) is 6.80. The third-order valence-electron chi connectivity index (χ3n) is 2.32. The van der Waals surface area contributed by atoms with Crippen LogP contribution in [0.2, 0.25) is 0 Å². The fourth-order valence-corrected chi connectivity index (χ4v) is 3.58. The van der Waals surface area contributed by atoms with Gasteiger partial charge in [-0.3, -0.25) is 0 Å². The Bertz CT molecular complexity index is 296. The van der Waals surface area contributed by atoms with E-state index < -0.39 is 7.75 Å². The number of aliphatic hydroxyl groups excluding tert-OH is 1. The van der Waals surface area contributed by atoms with E-state index in [1.165, 1.54) is 11.8 Å². The van der Waals surface area contributed by atoms with Crippen LogP contribution in [0, 0.1) is 0 Å². The Morgan fingerprint density at radius 2 is 1.83 bits per heavy atom. The number of hydrogen-bond donors (Lipinski definition) is 3. The molecule has 0 saturated heterocycles. The van der Waals surface area contributed by atoms with Crippen LogP contribution in [0.15, 0.2) is 0 Å². The summed E-state index contributed by atoms with van der Waals surface area (Å²) in [5.41, 5.74) is 0. The van der Waals surface area contributed by atoms with Gasteiger partial charge in [0.05, 0.1) is 6.61 Å². The van der Waals surface area contributed by atoms with Gasteiger partial charge in [-0.1, -0.05) is 24.0 Å². The minimum atomic E-state index is -4.29. The van der Waals surface area contributed by atoms with Gasteiger partial charge in [0.15, 0.2) is 0 Å². The van der Waals surface area contributed by atoms with E-state index in [4.69, 9.17) is 27.1 Å². The molecule has 0 aromatic heterocycles. The molecular formula is C9H21N2O4PS2. The Labute approximate surface area is 118 Å². The van der Waals surface area contributed by atoms with Gasteiger partial charge in [0.1, 0.15) is 4.32 Å². The van der Waals surface area contributed by atoms with Crippen molar-refractivity contribution >= 4 is 36.0 Å². The smallest absolute Gasteiger partial charge is 0.395 e. The van der Waals surface area contributed by atoms with Crippen LogP contribution in [0.1, 0.15) is 13.8 Å². The van der Waals surface area contributed by atoms with Crippen molar-refractivity contribution in [2.24, 2.45) is 0 Å². The molecule has 0 aromatic rings. The molecule has 0 radical (unpaired) electrons. The van der Waals surface area contributed by atoms with Crippen molar-refractivity contribution in [1.29, 1.82) is 0 Å². The molecule has 0 aliphatic rings. The molecule has 0 saturated carbocycles. The molecule has 0 bridgehead atoms. The standard InChI is InChI=1S/C9H21N2O4PS2/c1-3-10(4-2)9(17)18-8-6-11(5-7-12)16(13,14)15/h12H,3-8H2,1-2H3,(H2,13,14,15). The lowest BCUT2D eigenvalue weighted by molar-refractivity contribution is 0.220. The number of nitrogens with zero attached hydrogens (tertiary/aromatic N) is 2. The second-order valence-electron chi connectivity index (χ2n) is 3.48. The van der Waals surface area contributed by atoms with Crippen molar-refractivity contribution in [2.45, 2.75) is 13.8 Å². The lowest BCUT2D eigenvalue weighted by atomic mass is 10.6. The normalized spacial score (nSPS) is 11.9. The molecule has 3 N–H and O–H groups in total. The topological polar surface area (TPSA) is 84.2 Å². The van der Waals surface area contributed by atoms with Crippen LogP contribution < -0.4 is 0 Å². The van der Waals surface area contributed by atoms with E-state index >= 15 is 0 Å². The first-order chi connectivity index (χ1) is 8.36. The molecule has 108 valence electrons. The molecule has 9 heteroatoms. The largest absolute Gasteiger partial charge is 0.403 e. The first kappa shape index (κ1) is 18.3. The molecule has 0 aliphatic heterocycles. The molecule has 0 aliphatic carbocycles. The van der Waals surface area contributed by atoms with Crippen molar-refractivity contribution < 1.29 is 19.5 Å². The van der Waals surface area contributed by atoms with Gasteiger partial charge in [0.25, 0.3) is 0 Å². The summed E-state index contributed by atoms with van der Waals surface area (Å²) >= 11 is 6.61. The van der Waals surface area contributed by atoms with Crippen LogP contribution >= 0.6 is 31.7 Å². The lowest BCUT2D eigenvalue weighted by Gasteiger charge is -2.24. The molecule has 0 amide bonds. The van der Waals surface area contributed by atoms with Crippen molar-refractivity contribution in [3.63, 3.8) is 0 Å². The maximum Gasteiger partial charge on any atom is 0.403 e. The molecule has 0 rings (SSSR count). The van der Waals surface area contributed by atoms with Gasteiger partial charge in [0, 0.05) is 31.9 Å². The lowest BCUT2D eigenvalue weighted by Crippen LogP contribution is -2.29. The van der Waals surface area contributed by atoms with Gasteiger partial charge in [-0.15, -0.1) is 0 Å². The van der Waals surface area contributed by atoms with Crippen molar-refractivity contribution in [2.75, 3.05) is 38.5 Å². The molecule has 0 aromatic carbocycles. The summed E-state index contributed by atoms with van der Waals surface area (Å²) in [4.78, 5) is 20.1. The van der Waals surface area contributed by atoms with E-state index in [1.54, 1.807) is 0 Å². The van der Waals surface area contributed by atoms with E-state index in [1.807, 2.05) is 18.7 Å². The third kappa shape index (κ3) is 7.04. The molecule has 6 nitrogen and oxygen atoms in total. The quantitative estimate of drug-likeness (QED) is 0.446. The van der Waals surface area contributed by atoms with E-state index in [0.717, 1.165) is 22.1 Å². The number of hydrogen-bond acceptors (Lipinski definition) is 4. The number of thioether (sulfide) groups is 1. The summed E-state index contributed by atoms with van der Waals surface area (Å²) in [5, 5.41) is 8.75. The first-order valence-corrected chi connectivity index (χ1v) is 8.66. The Balaban J connectivity index is 4.15.